The van der Waals surface area contributed by atoms with Gasteiger partial charge in [-0.2, -0.15) is 0 Å². The Morgan fingerprint density at radius 1 is 1.10 bits per heavy atom. The van der Waals surface area contributed by atoms with Gasteiger partial charge in [0.05, 0.1) is 5.71 Å². The van der Waals surface area contributed by atoms with Gasteiger partial charge in [-0.15, -0.1) is 11.3 Å². The molecule has 0 aliphatic heterocycles. The molecule has 0 aliphatic rings. The highest BCUT2D eigenvalue weighted by Gasteiger charge is 2.03. The molecule has 1 heterocycles. The van der Waals surface area contributed by atoms with Crippen LogP contribution in [0.1, 0.15) is 35.6 Å². The maximum absolute atomic E-state index is 8.88. The molecule has 0 fully saturated rings. The number of aryl methyl sites for hydroxylation is 1. The van der Waals surface area contributed by atoms with Gasteiger partial charge in [-0.25, -0.2) is 0 Å². The molecule has 3 nitrogen and oxygen atoms in total. The first-order valence-electron chi connectivity index (χ1n) is 6.78. The monoisotopic (exact) mass is 289 g/mol. The van der Waals surface area contributed by atoms with Crippen LogP contribution >= 0.6 is 11.3 Å². The zero-order valence-corrected chi connectivity index (χ0v) is 12.6. The first-order chi connectivity index (χ1) is 9.76. The third-order valence-electron chi connectivity index (χ3n) is 3.09. The predicted octanol–water partition coefficient (Wildman–Crippen LogP) is 4.48. The van der Waals surface area contributed by atoms with E-state index in [0.717, 1.165) is 17.7 Å². The largest absolute Gasteiger partial charge is 0.488 e. The second-order valence-corrected chi connectivity index (χ2v) is 5.69. The van der Waals surface area contributed by atoms with Gasteiger partial charge in [0.1, 0.15) is 12.4 Å². The molecular formula is C16H19NO2S. The van der Waals surface area contributed by atoms with Crippen molar-refractivity contribution >= 4 is 17.0 Å². The summed E-state index contributed by atoms with van der Waals surface area (Å²) in [4.78, 5) is 2.61. The van der Waals surface area contributed by atoms with Crippen molar-refractivity contribution in [3.63, 3.8) is 0 Å². The van der Waals surface area contributed by atoms with Crippen LogP contribution in [0.15, 0.2) is 41.6 Å². The zero-order valence-electron chi connectivity index (χ0n) is 11.8. The van der Waals surface area contributed by atoms with E-state index >= 15 is 0 Å². The van der Waals surface area contributed by atoms with Crippen molar-refractivity contribution in [3.8, 4) is 5.75 Å². The molecule has 1 aromatic carbocycles. The highest BCUT2D eigenvalue weighted by atomic mass is 32.1. The lowest BCUT2D eigenvalue weighted by atomic mass is 10.1. The van der Waals surface area contributed by atoms with Crippen LogP contribution in [0.25, 0.3) is 0 Å². The molecule has 0 saturated heterocycles. The molecule has 1 N–H and O–H groups in total. The Morgan fingerprint density at radius 3 is 2.35 bits per heavy atom. The Bertz CT molecular complexity index is 572. The van der Waals surface area contributed by atoms with Crippen LogP contribution in [0.4, 0.5) is 0 Å². The molecular weight excluding hydrogens is 270 g/mol. The summed E-state index contributed by atoms with van der Waals surface area (Å²) in [6.45, 7) is 4.71. The fourth-order valence-corrected chi connectivity index (χ4v) is 2.79. The van der Waals surface area contributed by atoms with E-state index in [1.165, 1.54) is 9.75 Å². The molecule has 4 heteroatoms. The van der Waals surface area contributed by atoms with Crippen LogP contribution in [-0.4, -0.2) is 10.9 Å². The molecule has 0 atom stereocenters. The fraction of sp³-hybridized carbons (Fsp3) is 0.312. The van der Waals surface area contributed by atoms with E-state index in [2.05, 4.69) is 24.2 Å². The third kappa shape index (κ3) is 3.61. The number of hydrogen-bond acceptors (Lipinski definition) is 4. The summed E-state index contributed by atoms with van der Waals surface area (Å²) in [7, 11) is 0. The van der Waals surface area contributed by atoms with Gasteiger partial charge in [-0.1, -0.05) is 19.0 Å². The Hall–Kier alpha value is -1.81. The fourth-order valence-electron chi connectivity index (χ4n) is 1.92. The van der Waals surface area contributed by atoms with Crippen LogP contribution < -0.4 is 4.74 Å². The quantitative estimate of drug-likeness (QED) is 0.484. The van der Waals surface area contributed by atoms with Crippen LogP contribution in [0.2, 0.25) is 0 Å². The van der Waals surface area contributed by atoms with Crippen molar-refractivity contribution < 1.29 is 9.94 Å². The summed E-state index contributed by atoms with van der Waals surface area (Å²) in [5.41, 5.74) is 1.61. The molecule has 2 aromatic rings. The Balaban J connectivity index is 1.97. The Morgan fingerprint density at radius 2 is 1.80 bits per heavy atom. The zero-order chi connectivity index (χ0) is 14.4. The first kappa shape index (κ1) is 14.6. The SMILES string of the molecule is CC/C(=N\O)c1ccc(OCc2ccc(CC)s2)cc1. The Kier molecular flexibility index (Phi) is 5.18. The van der Waals surface area contributed by atoms with Gasteiger partial charge in [0.2, 0.25) is 0 Å². The number of nitrogens with zero attached hydrogens (tertiary/aromatic N) is 1. The van der Waals surface area contributed by atoms with E-state index < -0.39 is 0 Å². The van der Waals surface area contributed by atoms with Gasteiger partial charge in [0.25, 0.3) is 0 Å². The van der Waals surface area contributed by atoms with E-state index in [1.54, 1.807) is 11.3 Å². The van der Waals surface area contributed by atoms with Gasteiger partial charge < -0.3 is 9.94 Å². The smallest absolute Gasteiger partial charge is 0.122 e. The van der Waals surface area contributed by atoms with E-state index in [0.29, 0.717) is 18.7 Å². The van der Waals surface area contributed by atoms with Crippen molar-refractivity contribution in [3.05, 3.63) is 51.7 Å². The van der Waals surface area contributed by atoms with Gasteiger partial charge >= 0.3 is 0 Å². The molecule has 0 unspecified atom stereocenters. The number of thiophene rings is 1. The lowest BCUT2D eigenvalue weighted by Crippen LogP contribution is -1.99. The van der Waals surface area contributed by atoms with E-state index in [9.17, 15) is 0 Å². The summed E-state index contributed by atoms with van der Waals surface area (Å²) in [6, 6.07) is 11.9. The molecule has 0 aliphatic carbocycles. The standard InChI is InChI=1S/C16H19NO2S/c1-3-14-9-10-15(20-14)11-19-13-7-5-12(6-8-13)16(4-2)17-18/h5-10,18H,3-4,11H2,1-2H3/b17-16+. The number of oxime groups is 1. The minimum Gasteiger partial charge on any atom is -0.488 e. The van der Waals surface area contributed by atoms with Crippen molar-refractivity contribution in [1.29, 1.82) is 0 Å². The number of benzene rings is 1. The van der Waals surface area contributed by atoms with Crippen molar-refractivity contribution in [2.75, 3.05) is 0 Å². The van der Waals surface area contributed by atoms with Crippen molar-refractivity contribution in [2.24, 2.45) is 5.16 Å². The molecule has 0 amide bonds. The minimum absolute atomic E-state index is 0.596. The highest BCUT2D eigenvalue weighted by molar-refractivity contribution is 7.11. The molecule has 0 radical (unpaired) electrons. The second kappa shape index (κ2) is 7.10. The average Bonchev–Trinajstić information content (AvgIpc) is 2.96. The summed E-state index contributed by atoms with van der Waals surface area (Å²) in [5, 5.41) is 12.2. The number of rotatable bonds is 6. The van der Waals surface area contributed by atoms with E-state index in [1.807, 2.05) is 31.2 Å². The van der Waals surface area contributed by atoms with Gasteiger partial charge in [0, 0.05) is 9.75 Å². The Labute approximate surface area is 123 Å². The van der Waals surface area contributed by atoms with Gasteiger partial charge in [-0.3, -0.25) is 0 Å². The lowest BCUT2D eigenvalue weighted by Gasteiger charge is -2.06. The maximum atomic E-state index is 8.88. The first-order valence-corrected chi connectivity index (χ1v) is 7.60. The molecule has 2 rings (SSSR count). The normalized spacial score (nSPS) is 11.6. The molecule has 0 spiro atoms. The molecule has 106 valence electrons. The van der Waals surface area contributed by atoms with E-state index in [4.69, 9.17) is 9.94 Å². The van der Waals surface area contributed by atoms with Crippen molar-refractivity contribution in [2.45, 2.75) is 33.3 Å². The topological polar surface area (TPSA) is 41.8 Å². The molecule has 1 aromatic heterocycles. The maximum Gasteiger partial charge on any atom is 0.122 e. The highest BCUT2D eigenvalue weighted by Crippen LogP contribution is 2.20. The average molecular weight is 289 g/mol. The second-order valence-electron chi connectivity index (χ2n) is 4.43. The lowest BCUT2D eigenvalue weighted by molar-refractivity contribution is 0.309. The third-order valence-corrected chi connectivity index (χ3v) is 4.29. The van der Waals surface area contributed by atoms with Crippen molar-refractivity contribution in [1.82, 2.24) is 0 Å². The summed E-state index contributed by atoms with van der Waals surface area (Å²) < 4.78 is 5.76. The molecule has 0 bridgehead atoms. The van der Waals surface area contributed by atoms with Crippen LogP contribution in [0.5, 0.6) is 5.75 Å². The van der Waals surface area contributed by atoms with Crippen LogP contribution in [0.3, 0.4) is 0 Å². The summed E-state index contributed by atoms with van der Waals surface area (Å²) >= 11 is 1.79. The molecule has 0 saturated carbocycles. The number of ether oxygens (including phenoxy) is 1. The van der Waals surface area contributed by atoms with Crippen LogP contribution in [0, 0.1) is 0 Å². The molecule has 20 heavy (non-hydrogen) atoms. The van der Waals surface area contributed by atoms with E-state index in [-0.39, 0.29) is 0 Å². The van der Waals surface area contributed by atoms with Gasteiger partial charge in [0.15, 0.2) is 0 Å². The van der Waals surface area contributed by atoms with Gasteiger partial charge in [-0.05, 0) is 54.8 Å². The van der Waals surface area contributed by atoms with Crippen LogP contribution in [-0.2, 0) is 13.0 Å². The summed E-state index contributed by atoms with van der Waals surface area (Å²) in [5.74, 6) is 0.827. The summed E-state index contributed by atoms with van der Waals surface area (Å²) in [6.07, 6.45) is 1.77. The number of hydrogen-bond donors (Lipinski definition) is 1. The minimum atomic E-state index is 0.596. The predicted molar refractivity (Wildman–Crippen MR) is 83.1 cm³/mol.